The average Bonchev–Trinajstić information content (AvgIpc) is 3.10. The van der Waals surface area contributed by atoms with E-state index in [2.05, 4.69) is 31.7 Å². The molecule has 0 aromatic rings. The summed E-state index contributed by atoms with van der Waals surface area (Å²) in [7, 11) is 0. The fourth-order valence-electron chi connectivity index (χ4n) is 6.05. The van der Waals surface area contributed by atoms with Crippen LogP contribution in [0, 0.1) is 23.2 Å². The lowest BCUT2D eigenvalue weighted by molar-refractivity contribution is -0.0595. The number of halogens is 2. The molecule has 5 atom stereocenters. The lowest BCUT2D eigenvalue weighted by Crippen LogP contribution is -2.33. The third kappa shape index (κ3) is 5.20. The molecule has 3 N–H and O–H groups in total. The molecule has 0 amide bonds. The Balaban J connectivity index is 1.75. The first-order valence-corrected chi connectivity index (χ1v) is 11.7. The van der Waals surface area contributed by atoms with E-state index in [4.69, 9.17) is 5.11 Å². The average molecular weight is 437 g/mol. The number of hydrogen-bond donors (Lipinski definition) is 3. The second-order valence-corrected chi connectivity index (χ2v) is 10.1. The molecule has 5 heteroatoms. The number of alkyl halides is 2. The summed E-state index contributed by atoms with van der Waals surface area (Å²) in [6, 6.07) is 0. The van der Waals surface area contributed by atoms with E-state index in [1.807, 2.05) is 6.92 Å². The SMILES string of the molecule is C=C1/C(=C\C=C2/CCC[C@]3(C)C([C@H](C)CCC(F)(F)CO)=CC[C@@H]23)C[C@H](O)C[C@H]1CO. The van der Waals surface area contributed by atoms with Crippen LogP contribution in [-0.2, 0) is 0 Å². The van der Waals surface area contributed by atoms with Crippen molar-refractivity contribution in [3.63, 3.8) is 0 Å². The monoisotopic (exact) mass is 436 g/mol. The molecule has 0 heterocycles. The Kier molecular flexibility index (Phi) is 7.60. The molecular weight excluding hydrogens is 398 g/mol. The summed E-state index contributed by atoms with van der Waals surface area (Å²) < 4.78 is 27.1. The molecule has 0 saturated heterocycles. The first kappa shape index (κ1) is 24.3. The summed E-state index contributed by atoms with van der Waals surface area (Å²) in [6.07, 6.45) is 11.4. The summed E-state index contributed by atoms with van der Waals surface area (Å²) in [5, 5.41) is 28.6. The third-order valence-electron chi connectivity index (χ3n) is 7.95. The van der Waals surface area contributed by atoms with Gasteiger partial charge in [-0.1, -0.05) is 49.8 Å². The Morgan fingerprint density at radius 2 is 2.06 bits per heavy atom. The van der Waals surface area contributed by atoms with Gasteiger partial charge in [-0.3, -0.25) is 0 Å². The molecule has 31 heavy (non-hydrogen) atoms. The zero-order chi connectivity index (χ0) is 22.8. The predicted octanol–water partition coefficient (Wildman–Crippen LogP) is 5.34. The fourth-order valence-corrected chi connectivity index (χ4v) is 6.05. The molecular formula is C26H38F2O3. The normalized spacial score (nSPS) is 35.4. The molecule has 3 aliphatic carbocycles. The van der Waals surface area contributed by atoms with Crippen LogP contribution >= 0.6 is 0 Å². The molecule has 3 rings (SSSR count). The van der Waals surface area contributed by atoms with Gasteiger partial charge < -0.3 is 15.3 Å². The summed E-state index contributed by atoms with van der Waals surface area (Å²) in [4.78, 5) is 0. The van der Waals surface area contributed by atoms with Gasteiger partial charge in [-0.2, -0.15) is 0 Å². The molecule has 174 valence electrons. The van der Waals surface area contributed by atoms with E-state index in [-0.39, 0.29) is 30.3 Å². The molecule has 0 aromatic heterocycles. The van der Waals surface area contributed by atoms with Gasteiger partial charge in [0.05, 0.1) is 12.7 Å². The van der Waals surface area contributed by atoms with E-state index in [0.717, 1.165) is 36.8 Å². The zero-order valence-corrected chi connectivity index (χ0v) is 18.9. The molecule has 3 nitrogen and oxygen atoms in total. The molecule has 0 radical (unpaired) electrons. The Morgan fingerprint density at radius 1 is 1.32 bits per heavy atom. The number of hydrogen-bond acceptors (Lipinski definition) is 3. The van der Waals surface area contributed by atoms with Crippen molar-refractivity contribution in [1.82, 2.24) is 0 Å². The van der Waals surface area contributed by atoms with Crippen LogP contribution in [0.5, 0.6) is 0 Å². The van der Waals surface area contributed by atoms with Crippen LogP contribution in [0.25, 0.3) is 0 Å². The maximum atomic E-state index is 13.6. The topological polar surface area (TPSA) is 60.7 Å². The van der Waals surface area contributed by atoms with Gasteiger partial charge in [0.15, 0.2) is 0 Å². The Labute approximate surface area is 185 Å². The largest absolute Gasteiger partial charge is 0.396 e. The molecule has 2 fully saturated rings. The van der Waals surface area contributed by atoms with Crippen molar-refractivity contribution in [2.24, 2.45) is 23.2 Å². The number of fused-ring (bicyclic) bond motifs is 1. The Bertz CT molecular complexity index is 767. The van der Waals surface area contributed by atoms with Gasteiger partial charge in [-0.05, 0) is 73.3 Å². The van der Waals surface area contributed by atoms with Crippen molar-refractivity contribution < 1.29 is 24.1 Å². The fraction of sp³-hybridized carbons (Fsp3) is 0.692. The van der Waals surface area contributed by atoms with Crippen molar-refractivity contribution in [2.75, 3.05) is 13.2 Å². The van der Waals surface area contributed by atoms with E-state index in [1.54, 1.807) is 0 Å². The van der Waals surface area contributed by atoms with Crippen LogP contribution in [-0.4, -0.2) is 40.6 Å². The zero-order valence-electron chi connectivity index (χ0n) is 18.9. The first-order chi connectivity index (χ1) is 14.6. The first-order valence-electron chi connectivity index (χ1n) is 11.7. The third-order valence-corrected chi connectivity index (χ3v) is 7.95. The maximum Gasteiger partial charge on any atom is 0.270 e. The minimum absolute atomic E-state index is 0.00496. The van der Waals surface area contributed by atoms with E-state index in [9.17, 15) is 19.0 Å². The van der Waals surface area contributed by atoms with Gasteiger partial charge in [0.25, 0.3) is 5.92 Å². The standard InChI is InChI=1S/C26H38F2O3/c1-17(10-12-26(27,28)16-30)23-8-9-24-19(5-4-11-25(23,24)3)6-7-20-13-22(31)14-21(15-29)18(20)2/h6-8,17,21-22,24,29-31H,2,4-5,9-16H2,1,3H3/b19-6+,20-7-/t17-,21+,22+,24+,25-/m1/s1. The van der Waals surface area contributed by atoms with E-state index in [1.165, 1.54) is 11.1 Å². The van der Waals surface area contributed by atoms with Gasteiger partial charge in [0.2, 0.25) is 0 Å². The molecule has 0 aliphatic heterocycles. The Morgan fingerprint density at radius 3 is 2.74 bits per heavy atom. The highest BCUT2D eigenvalue weighted by Crippen LogP contribution is 2.57. The summed E-state index contributed by atoms with van der Waals surface area (Å²) in [6.45, 7) is 7.39. The smallest absolute Gasteiger partial charge is 0.270 e. The van der Waals surface area contributed by atoms with Crippen LogP contribution < -0.4 is 0 Å². The van der Waals surface area contributed by atoms with Crippen LogP contribution in [0.1, 0.15) is 65.2 Å². The minimum Gasteiger partial charge on any atom is -0.396 e. The molecule has 3 aliphatic rings. The van der Waals surface area contributed by atoms with E-state index in [0.29, 0.717) is 25.2 Å². The van der Waals surface area contributed by atoms with Crippen molar-refractivity contribution >= 4 is 0 Å². The predicted molar refractivity (Wildman–Crippen MR) is 120 cm³/mol. The van der Waals surface area contributed by atoms with Crippen molar-refractivity contribution in [2.45, 2.75) is 77.2 Å². The maximum absolute atomic E-state index is 13.6. The molecule has 2 saturated carbocycles. The van der Waals surface area contributed by atoms with Crippen molar-refractivity contribution in [3.05, 3.63) is 47.1 Å². The highest BCUT2D eigenvalue weighted by Gasteiger charge is 2.46. The lowest BCUT2D eigenvalue weighted by atomic mass is 9.62. The van der Waals surface area contributed by atoms with Gasteiger partial charge in [-0.15, -0.1) is 0 Å². The number of aliphatic hydroxyl groups excluding tert-OH is 3. The summed E-state index contributed by atoms with van der Waals surface area (Å²) >= 11 is 0. The highest BCUT2D eigenvalue weighted by molar-refractivity contribution is 5.39. The molecule has 0 bridgehead atoms. The van der Waals surface area contributed by atoms with Crippen LogP contribution in [0.4, 0.5) is 8.78 Å². The minimum atomic E-state index is -3.00. The number of aliphatic hydroxyl groups is 3. The molecule has 0 unspecified atom stereocenters. The van der Waals surface area contributed by atoms with E-state index >= 15 is 0 Å². The summed E-state index contributed by atoms with van der Waals surface area (Å²) in [5.74, 6) is -2.63. The van der Waals surface area contributed by atoms with Gasteiger partial charge in [0.1, 0.15) is 6.61 Å². The van der Waals surface area contributed by atoms with Crippen LogP contribution in [0.15, 0.2) is 47.1 Å². The van der Waals surface area contributed by atoms with Gasteiger partial charge in [-0.25, -0.2) is 8.78 Å². The van der Waals surface area contributed by atoms with Crippen molar-refractivity contribution in [3.8, 4) is 0 Å². The molecule has 0 spiro atoms. The number of rotatable bonds is 7. The second kappa shape index (κ2) is 9.68. The second-order valence-electron chi connectivity index (χ2n) is 10.1. The van der Waals surface area contributed by atoms with Crippen LogP contribution in [0.3, 0.4) is 0 Å². The quantitative estimate of drug-likeness (QED) is 0.472. The highest BCUT2D eigenvalue weighted by atomic mass is 19.3. The summed E-state index contributed by atoms with van der Waals surface area (Å²) in [5.41, 5.74) is 4.61. The van der Waals surface area contributed by atoms with Crippen molar-refractivity contribution in [1.29, 1.82) is 0 Å². The lowest BCUT2D eigenvalue weighted by Gasteiger charge is -2.42. The number of allylic oxidation sites excluding steroid dienone is 5. The van der Waals surface area contributed by atoms with Gasteiger partial charge >= 0.3 is 0 Å². The molecule has 0 aromatic carbocycles. The van der Waals surface area contributed by atoms with Crippen LogP contribution in [0.2, 0.25) is 0 Å². The Hall–Kier alpha value is -1.30. The van der Waals surface area contributed by atoms with E-state index < -0.39 is 18.6 Å². The van der Waals surface area contributed by atoms with Gasteiger partial charge in [0, 0.05) is 12.3 Å².